The van der Waals surface area contributed by atoms with E-state index in [2.05, 4.69) is 9.88 Å². The van der Waals surface area contributed by atoms with E-state index in [1.165, 1.54) is 186 Å². The van der Waals surface area contributed by atoms with Crippen LogP contribution in [0.5, 0.6) is 11.5 Å². The summed E-state index contributed by atoms with van der Waals surface area (Å²) in [7, 11) is 3.20. The first-order valence-electron chi connectivity index (χ1n) is 25.3. The summed E-state index contributed by atoms with van der Waals surface area (Å²) in [5.74, 6) is 1.86. The van der Waals surface area contributed by atoms with Crippen LogP contribution in [-0.4, -0.2) is 50.5 Å². The van der Waals surface area contributed by atoms with Crippen LogP contribution in [0, 0.1) is 5.41 Å². The van der Waals surface area contributed by atoms with Gasteiger partial charge in [-0.25, -0.2) is 9.97 Å². The zero-order valence-electron chi connectivity index (χ0n) is 39.0. The van der Waals surface area contributed by atoms with E-state index in [4.69, 9.17) is 54.0 Å². The molecule has 2 saturated heterocycles. The Morgan fingerprint density at radius 3 is 1.40 bits per heavy atom. The Bertz CT molecular complexity index is 1670. The van der Waals surface area contributed by atoms with Crippen molar-refractivity contribution in [1.29, 1.82) is 0 Å². The van der Waals surface area contributed by atoms with Crippen molar-refractivity contribution in [2.24, 2.45) is 5.41 Å². The smallest absolute Gasteiger partial charge is 0.141 e. The van der Waals surface area contributed by atoms with Gasteiger partial charge in [-0.2, -0.15) is 0 Å². The van der Waals surface area contributed by atoms with E-state index in [1.54, 1.807) is 20.3 Å². The Morgan fingerprint density at radius 1 is 0.548 bits per heavy atom. The van der Waals surface area contributed by atoms with Crippen molar-refractivity contribution in [3.8, 4) is 22.8 Å². The molecule has 3 aromatic rings. The van der Waals surface area contributed by atoms with Crippen molar-refractivity contribution in [2.45, 2.75) is 205 Å². The Labute approximate surface area is 392 Å². The van der Waals surface area contributed by atoms with Crippen molar-refractivity contribution >= 4 is 51.4 Å². The third kappa shape index (κ3) is 17.1. The van der Waals surface area contributed by atoms with Crippen LogP contribution in [0.25, 0.3) is 22.0 Å². The number of methoxy groups -OCH3 is 2. The lowest BCUT2D eigenvalue weighted by atomic mass is 9.81. The highest BCUT2D eigenvalue weighted by Gasteiger charge is 2.37. The maximum atomic E-state index is 7.03. The van der Waals surface area contributed by atoms with Gasteiger partial charge in [0.05, 0.1) is 36.6 Å². The van der Waals surface area contributed by atoms with E-state index in [0.29, 0.717) is 38.0 Å². The predicted molar refractivity (Wildman–Crippen MR) is 266 cm³/mol. The van der Waals surface area contributed by atoms with Gasteiger partial charge in [0, 0.05) is 53.7 Å². The van der Waals surface area contributed by atoms with Crippen LogP contribution in [0.3, 0.4) is 0 Å². The molecule has 0 amide bonds. The van der Waals surface area contributed by atoms with E-state index < -0.39 is 0 Å². The van der Waals surface area contributed by atoms with Crippen LogP contribution in [0.2, 0.25) is 15.2 Å². The number of ether oxygens (including phenoxy) is 3. The molecule has 62 heavy (non-hydrogen) atoms. The number of halogens is 3. The van der Waals surface area contributed by atoms with Gasteiger partial charge in [-0.05, 0) is 31.4 Å². The second kappa shape index (κ2) is 29.5. The average Bonchev–Trinajstić information content (AvgIpc) is 3.74. The molecule has 1 aromatic carbocycles. The molecule has 1 spiro atoms. The molecule has 0 aliphatic carbocycles. The summed E-state index contributed by atoms with van der Waals surface area (Å²) in [5.41, 5.74) is 1.30. The minimum absolute atomic E-state index is 0.0610. The van der Waals surface area contributed by atoms with E-state index in [-0.39, 0.29) is 5.41 Å². The first-order chi connectivity index (χ1) is 30.4. The number of aromatic nitrogens is 2. The summed E-state index contributed by atoms with van der Waals surface area (Å²) < 4.78 is 17.6. The topological polar surface area (TPSA) is 56.7 Å². The molecule has 6 nitrogen and oxygen atoms in total. The van der Waals surface area contributed by atoms with Gasteiger partial charge in [-0.3, -0.25) is 0 Å². The third-order valence-corrected chi connectivity index (χ3v) is 14.8. The van der Waals surface area contributed by atoms with Gasteiger partial charge in [-0.1, -0.05) is 221 Å². The summed E-state index contributed by atoms with van der Waals surface area (Å²) in [6.45, 7) is 3.37. The SMILES string of the molecule is COc1cc(OC)c(Cl)c(-c2cc3cnc(Cl)cc3c(N3CCCCCCCCCCCCCCCCCCCCCCCCCCCCCCCCC4(CCOC4)C3)n2)c1Cl. The van der Waals surface area contributed by atoms with E-state index in [1.807, 2.05) is 18.3 Å². The molecule has 0 bridgehead atoms. The number of nitrogens with zero attached hydrogens (tertiary/aromatic N) is 3. The summed E-state index contributed by atoms with van der Waals surface area (Å²) in [6.07, 6.45) is 45.4. The first-order valence-corrected chi connectivity index (χ1v) is 26.5. The molecule has 2 fully saturated rings. The summed E-state index contributed by atoms with van der Waals surface area (Å²) >= 11 is 20.7. The average molecular weight is 916 g/mol. The van der Waals surface area contributed by atoms with E-state index in [9.17, 15) is 0 Å². The Kier molecular flexibility index (Phi) is 24.3. The minimum Gasteiger partial charge on any atom is -0.495 e. The lowest BCUT2D eigenvalue weighted by molar-refractivity contribution is 0.146. The second-order valence-electron chi connectivity index (χ2n) is 18.9. The number of hydrogen-bond donors (Lipinski definition) is 0. The predicted octanol–water partition coefficient (Wildman–Crippen LogP) is 17.6. The number of fused-ring (bicyclic) bond motifs is 1. The molecule has 2 aliphatic rings. The van der Waals surface area contributed by atoms with Crippen molar-refractivity contribution in [1.82, 2.24) is 9.97 Å². The van der Waals surface area contributed by atoms with Gasteiger partial charge in [0.1, 0.15) is 22.5 Å². The highest BCUT2D eigenvalue weighted by Crippen LogP contribution is 2.47. The molecule has 4 heterocycles. The molecular weight excluding hydrogens is 833 g/mol. The molecule has 1 atom stereocenters. The van der Waals surface area contributed by atoms with Gasteiger partial charge in [0.25, 0.3) is 0 Å². The number of pyridine rings is 2. The molecule has 2 aliphatic heterocycles. The van der Waals surface area contributed by atoms with E-state index in [0.717, 1.165) is 62.2 Å². The Balaban J connectivity index is 1.29. The van der Waals surface area contributed by atoms with Crippen LogP contribution in [0.4, 0.5) is 5.82 Å². The van der Waals surface area contributed by atoms with Crippen molar-refractivity contribution in [3.05, 3.63) is 39.6 Å². The summed E-state index contributed by atoms with van der Waals surface area (Å²) in [4.78, 5) is 12.5. The summed E-state index contributed by atoms with van der Waals surface area (Å²) in [5, 5.41) is 3.16. The standard InChI is InChI=1S/C53H82Cl3N3O3/c1-60-46-39-47(61-2)51(56)49(50(46)55)45-37-43-40-57-48(54)38-44(43)52(58-45)59-35-32-30-28-26-24-22-20-18-16-14-12-10-8-6-4-3-5-7-9-11-13-15-17-19-21-23-25-27-29-31-33-53(41-59)34-36-62-42-53/h37-40H,3-36,41-42H2,1-2H3. The van der Waals surface area contributed by atoms with Gasteiger partial charge >= 0.3 is 0 Å². The normalized spacial score (nSPS) is 22.2. The fourth-order valence-electron chi connectivity index (χ4n) is 10.1. The van der Waals surface area contributed by atoms with Crippen LogP contribution >= 0.6 is 34.8 Å². The van der Waals surface area contributed by atoms with E-state index >= 15 is 0 Å². The lowest BCUT2D eigenvalue weighted by Crippen LogP contribution is -2.39. The molecule has 0 saturated carbocycles. The van der Waals surface area contributed by atoms with Crippen LogP contribution in [0.1, 0.15) is 205 Å². The number of hydrogen-bond acceptors (Lipinski definition) is 6. The van der Waals surface area contributed by atoms with Gasteiger partial charge < -0.3 is 19.1 Å². The maximum absolute atomic E-state index is 7.03. The lowest BCUT2D eigenvalue weighted by Gasteiger charge is -2.36. The van der Waals surface area contributed by atoms with Gasteiger partial charge in [-0.15, -0.1) is 0 Å². The second-order valence-corrected chi connectivity index (χ2v) is 20.1. The van der Waals surface area contributed by atoms with Crippen LogP contribution in [0.15, 0.2) is 24.4 Å². The molecule has 1 unspecified atom stereocenters. The minimum atomic E-state index is 0.0610. The monoisotopic (exact) mass is 914 g/mol. The molecular formula is C53H82Cl3N3O3. The molecule has 0 N–H and O–H groups in total. The highest BCUT2D eigenvalue weighted by molar-refractivity contribution is 6.41. The summed E-state index contributed by atoms with van der Waals surface area (Å²) in [6, 6.07) is 5.69. The Hall–Kier alpha value is -1.99. The quantitative estimate of drug-likeness (QED) is 0.243. The zero-order valence-corrected chi connectivity index (χ0v) is 41.2. The molecule has 348 valence electrons. The first kappa shape index (κ1) is 51.0. The molecule has 5 rings (SSSR count). The van der Waals surface area contributed by atoms with Gasteiger partial charge in [0.15, 0.2) is 0 Å². The Morgan fingerprint density at radius 2 is 0.984 bits per heavy atom. The number of benzene rings is 1. The zero-order chi connectivity index (χ0) is 43.7. The third-order valence-electron chi connectivity index (χ3n) is 13.9. The van der Waals surface area contributed by atoms with Crippen LogP contribution < -0.4 is 14.4 Å². The maximum Gasteiger partial charge on any atom is 0.141 e. The van der Waals surface area contributed by atoms with Crippen molar-refractivity contribution in [2.75, 3.05) is 45.4 Å². The fourth-order valence-corrected chi connectivity index (χ4v) is 10.9. The van der Waals surface area contributed by atoms with Crippen molar-refractivity contribution in [3.63, 3.8) is 0 Å². The number of rotatable bonds is 4. The largest absolute Gasteiger partial charge is 0.495 e. The van der Waals surface area contributed by atoms with Crippen molar-refractivity contribution < 1.29 is 14.2 Å². The highest BCUT2D eigenvalue weighted by atomic mass is 35.5. The fraction of sp³-hybridized carbons (Fsp3) is 0.736. The van der Waals surface area contributed by atoms with Gasteiger partial charge in [0.2, 0.25) is 0 Å². The van der Waals surface area contributed by atoms with Crippen LogP contribution in [-0.2, 0) is 4.74 Å². The molecule has 0 radical (unpaired) electrons. The number of anilines is 1. The molecule has 9 heteroatoms. The molecule has 2 aromatic heterocycles.